The average molecular weight is 431 g/mol. The fourth-order valence-corrected chi connectivity index (χ4v) is 2.97. The van der Waals surface area contributed by atoms with Gasteiger partial charge in [0.05, 0.1) is 42.5 Å². The smallest absolute Gasteiger partial charge is 0.253 e. The molecule has 2 aromatic heterocycles. The number of halogens is 1. The molecule has 0 radical (unpaired) electrons. The fraction of sp³-hybridized carbons (Fsp3) is 0.300. The molecule has 0 fully saturated rings. The predicted molar refractivity (Wildman–Crippen MR) is 114 cm³/mol. The van der Waals surface area contributed by atoms with Crippen LogP contribution in [0.25, 0.3) is 11.3 Å². The lowest BCUT2D eigenvalue weighted by molar-refractivity contribution is 0.0744. The number of aryl methyl sites for hydroxylation is 1. The Morgan fingerprint density at radius 2 is 2.10 bits per heavy atom. The molecular weight excluding hydrogens is 408 g/mol. The third-order valence-corrected chi connectivity index (χ3v) is 4.67. The highest BCUT2D eigenvalue weighted by Gasteiger charge is 2.16. The molecule has 1 aromatic carbocycles. The zero-order valence-corrected chi connectivity index (χ0v) is 18.0. The van der Waals surface area contributed by atoms with Crippen molar-refractivity contribution in [1.82, 2.24) is 24.6 Å². The van der Waals surface area contributed by atoms with E-state index in [2.05, 4.69) is 20.4 Å². The monoisotopic (exact) mass is 430 g/mol. The van der Waals surface area contributed by atoms with E-state index in [9.17, 15) is 4.79 Å². The Labute approximate surface area is 179 Å². The second-order valence-corrected chi connectivity index (χ2v) is 6.96. The zero-order chi connectivity index (χ0) is 21.7. The molecule has 0 bridgehead atoms. The number of carbonyl (C=O) groups is 1. The molecule has 158 valence electrons. The Morgan fingerprint density at radius 1 is 1.30 bits per heavy atom. The maximum Gasteiger partial charge on any atom is 0.253 e. The van der Waals surface area contributed by atoms with Crippen molar-refractivity contribution in [2.24, 2.45) is 7.05 Å². The number of hydrogen-bond donors (Lipinski definition) is 1. The number of carbonyl (C=O) groups excluding carboxylic acids is 1. The SMILES string of the molecule is COCCN(C)C(=O)c1ccc(Nc2ncc(Cl)c(-c3cnn(C)c3)n2)c(OC)c1. The van der Waals surface area contributed by atoms with Crippen LogP contribution in [0.1, 0.15) is 10.4 Å². The molecule has 3 rings (SSSR count). The minimum atomic E-state index is -0.126. The second kappa shape index (κ2) is 9.55. The van der Waals surface area contributed by atoms with Gasteiger partial charge >= 0.3 is 0 Å². The van der Waals surface area contributed by atoms with E-state index in [0.717, 1.165) is 5.56 Å². The van der Waals surface area contributed by atoms with Crippen LogP contribution in [0.4, 0.5) is 11.6 Å². The quantitative estimate of drug-likeness (QED) is 0.587. The number of benzene rings is 1. The van der Waals surface area contributed by atoms with Gasteiger partial charge in [-0.05, 0) is 18.2 Å². The molecule has 0 aliphatic rings. The van der Waals surface area contributed by atoms with Crippen molar-refractivity contribution in [2.45, 2.75) is 0 Å². The van der Waals surface area contributed by atoms with Gasteiger partial charge in [0, 0.05) is 45.1 Å². The lowest BCUT2D eigenvalue weighted by Gasteiger charge is -2.18. The van der Waals surface area contributed by atoms with Crippen LogP contribution >= 0.6 is 11.6 Å². The summed E-state index contributed by atoms with van der Waals surface area (Å²) in [4.78, 5) is 22.9. The molecule has 30 heavy (non-hydrogen) atoms. The minimum absolute atomic E-state index is 0.126. The molecule has 2 heterocycles. The Balaban J connectivity index is 1.84. The van der Waals surface area contributed by atoms with Gasteiger partial charge in [0.15, 0.2) is 0 Å². The summed E-state index contributed by atoms with van der Waals surface area (Å²) in [7, 11) is 6.67. The third-order valence-electron chi connectivity index (χ3n) is 4.39. The highest BCUT2D eigenvalue weighted by molar-refractivity contribution is 6.32. The van der Waals surface area contributed by atoms with Crippen molar-refractivity contribution >= 4 is 29.1 Å². The van der Waals surface area contributed by atoms with Gasteiger partial charge in [-0.2, -0.15) is 5.10 Å². The molecule has 1 amide bonds. The van der Waals surface area contributed by atoms with Crippen LogP contribution < -0.4 is 10.1 Å². The summed E-state index contributed by atoms with van der Waals surface area (Å²) in [6, 6.07) is 5.14. The summed E-state index contributed by atoms with van der Waals surface area (Å²) in [6.07, 6.45) is 5.02. The van der Waals surface area contributed by atoms with Gasteiger partial charge in [0.1, 0.15) is 5.75 Å². The Hall–Kier alpha value is -3.17. The van der Waals surface area contributed by atoms with Gasteiger partial charge in [-0.1, -0.05) is 11.6 Å². The van der Waals surface area contributed by atoms with Crippen molar-refractivity contribution in [3.63, 3.8) is 0 Å². The lowest BCUT2D eigenvalue weighted by atomic mass is 10.1. The summed E-state index contributed by atoms with van der Waals surface area (Å²) >= 11 is 6.26. The first-order valence-electron chi connectivity index (χ1n) is 9.14. The summed E-state index contributed by atoms with van der Waals surface area (Å²) in [5, 5.41) is 7.68. The summed E-state index contributed by atoms with van der Waals surface area (Å²) < 4.78 is 12.2. The zero-order valence-electron chi connectivity index (χ0n) is 17.2. The fourth-order valence-electron chi connectivity index (χ4n) is 2.77. The Morgan fingerprint density at radius 3 is 2.77 bits per heavy atom. The lowest BCUT2D eigenvalue weighted by Crippen LogP contribution is -2.29. The number of amides is 1. The van der Waals surface area contributed by atoms with E-state index < -0.39 is 0 Å². The topological polar surface area (TPSA) is 94.4 Å². The van der Waals surface area contributed by atoms with E-state index in [1.807, 2.05) is 13.2 Å². The first kappa shape index (κ1) is 21.5. The largest absolute Gasteiger partial charge is 0.495 e. The maximum atomic E-state index is 12.6. The highest BCUT2D eigenvalue weighted by Crippen LogP contribution is 2.30. The van der Waals surface area contributed by atoms with E-state index in [1.165, 1.54) is 13.3 Å². The van der Waals surface area contributed by atoms with Crippen molar-refractivity contribution in [1.29, 1.82) is 0 Å². The molecule has 0 aliphatic heterocycles. The molecule has 0 atom stereocenters. The van der Waals surface area contributed by atoms with Gasteiger partial charge in [0.25, 0.3) is 5.91 Å². The van der Waals surface area contributed by atoms with Crippen LogP contribution in [-0.2, 0) is 11.8 Å². The Kier molecular flexibility index (Phi) is 6.86. The second-order valence-electron chi connectivity index (χ2n) is 6.55. The summed E-state index contributed by atoms with van der Waals surface area (Å²) in [6.45, 7) is 0.958. The molecule has 0 unspecified atom stereocenters. The molecule has 0 aliphatic carbocycles. The number of nitrogens with one attached hydrogen (secondary N) is 1. The van der Waals surface area contributed by atoms with E-state index in [4.69, 9.17) is 21.1 Å². The van der Waals surface area contributed by atoms with Crippen molar-refractivity contribution in [3.8, 4) is 17.0 Å². The first-order chi connectivity index (χ1) is 14.4. The van der Waals surface area contributed by atoms with Crippen LogP contribution in [0.15, 0.2) is 36.8 Å². The summed E-state index contributed by atoms with van der Waals surface area (Å²) in [5.41, 5.74) is 2.46. The maximum absolute atomic E-state index is 12.6. The molecule has 0 spiro atoms. The normalized spacial score (nSPS) is 10.7. The number of ether oxygens (including phenoxy) is 2. The molecular formula is C20H23ClN6O3. The first-order valence-corrected chi connectivity index (χ1v) is 9.51. The minimum Gasteiger partial charge on any atom is -0.495 e. The number of aromatic nitrogens is 4. The van der Waals surface area contributed by atoms with E-state index in [1.54, 1.807) is 48.1 Å². The van der Waals surface area contributed by atoms with Gasteiger partial charge in [-0.15, -0.1) is 0 Å². The van der Waals surface area contributed by atoms with Crippen LogP contribution in [0, 0.1) is 0 Å². The van der Waals surface area contributed by atoms with Crippen LogP contribution in [0.5, 0.6) is 5.75 Å². The molecule has 0 saturated heterocycles. The highest BCUT2D eigenvalue weighted by atomic mass is 35.5. The average Bonchev–Trinajstić information content (AvgIpc) is 3.19. The van der Waals surface area contributed by atoms with Gasteiger partial charge in [-0.3, -0.25) is 9.48 Å². The van der Waals surface area contributed by atoms with Gasteiger partial charge < -0.3 is 19.7 Å². The van der Waals surface area contributed by atoms with Crippen LogP contribution in [0.3, 0.4) is 0 Å². The number of nitrogens with zero attached hydrogens (tertiary/aromatic N) is 5. The van der Waals surface area contributed by atoms with Gasteiger partial charge in [0.2, 0.25) is 5.95 Å². The van der Waals surface area contributed by atoms with Crippen molar-refractivity contribution in [2.75, 3.05) is 39.7 Å². The third kappa shape index (κ3) is 4.87. The number of methoxy groups -OCH3 is 2. The van der Waals surface area contributed by atoms with E-state index in [-0.39, 0.29) is 5.91 Å². The van der Waals surface area contributed by atoms with Crippen molar-refractivity contribution in [3.05, 3.63) is 47.4 Å². The molecule has 1 N–H and O–H groups in total. The molecule has 9 nitrogen and oxygen atoms in total. The number of hydrogen-bond acceptors (Lipinski definition) is 7. The van der Waals surface area contributed by atoms with Gasteiger partial charge in [-0.25, -0.2) is 9.97 Å². The van der Waals surface area contributed by atoms with Crippen molar-refractivity contribution < 1.29 is 14.3 Å². The Bertz CT molecular complexity index is 1040. The molecule has 3 aromatic rings. The molecule has 10 heteroatoms. The standard InChI is InChI=1S/C20H23ClN6O3/c1-26(7-8-29-3)19(28)13-5-6-16(17(9-13)30-4)24-20-22-11-15(21)18(25-20)14-10-23-27(2)12-14/h5-6,9-12H,7-8H2,1-4H3,(H,22,24,25). The van der Waals surface area contributed by atoms with Crippen LogP contribution in [-0.4, -0.2) is 65.0 Å². The van der Waals surface area contributed by atoms with E-state index >= 15 is 0 Å². The molecule has 0 saturated carbocycles. The van der Waals surface area contributed by atoms with E-state index in [0.29, 0.717) is 46.8 Å². The number of anilines is 2. The number of rotatable bonds is 8. The van der Waals surface area contributed by atoms with Crippen LogP contribution in [0.2, 0.25) is 5.02 Å². The predicted octanol–water partition coefficient (Wildman–Crippen LogP) is 3.00. The number of likely N-dealkylation sites (N-methyl/N-ethyl adjacent to an activating group) is 1. The summed E-state index contributed by atoms with van der Waals surface area (Å²) in [5.74, 6) is 0.703.